The van der Waals surface area contributed by atoms with E-state index in [1.54, 1.807) is 58.6 Å². The molecule has 1 rings (SSSR count). The lowest BCUT2D eigenvalue weighted by atomic mass is 10.0. The number of rotatable bonds is 11. The number of carbonyl (C=O) groups excluding carboxylic acids is 2. The molecule has 0 fully saturated rings. The maximum absolute atomic E-state index is 12.4. The van der Waals surface area contributed by atoms with Crippen molar-refractivity contribution in [3.8, 4) is 0 Å². The second kappa shape index (κ2) is 11.9. The van der Waals surface area contributed by atoms with Crippen LogP contribution in [0.25, 0.3) is 0 Å². The highest BCUT2D eigenvalue weighted by atomic mass is 16.6. The number of esters is 2. The fourth-order valence-corrected chi connectivity index (χ4v) is 3.11. The number of nitrogens with zero attached hydrogens (tertiary/aromatic N) is 2. The van der Waals surface area contributed by atoms with Crippen LogP contribution in [0.5, 0.6) is 0 Å². The number of ether oxygens (including phenoxy) is 2. The van der Waals surface area contributed by atoms with Crippen LogP contribution in [0, 0.1) is 10.1 Å². The Morgan fingerprint density at radius 3 is 1.84 bits per heavy atom. The van der Waals surface area contributed by atoms with Gasteiger partial charge in [-0.15, -0.1) is 0 Å². The molecule has 0 spiro atoms. The van der Waals surface area contributed by atoms with E-state index < -0.39 is 34.1 Å². The number of aliphatic hydroxyl groups is 1. The number of nitro groups is 1. The summed E-state index contributed by atoms with van der Waals surface area (Å²) >= 11 is 0. The lowest BCUT2D eigenvalue weighted by Gasteiger charge is -2.31. The van der Waals surface area contributed by atoms with Crippen LogP contribution < -0.4 is 0 Å². The summed E-state index contributed by atoms with van der Waals surface area (Å²) in [6.45, 7) is 10.0. The summed E-state index contributed by atoms with van der Waals surface area (Å²) in [5.41, 5.74) is -0.375. The van der Waals surface area contributed by atoms with Gasteiger partial charge in [0.2, 0.25) is 0 Å². The van der Waals surface area contributed by atoms with Crippen LogP contribution in [0.3, 0.4) is 0 Å². The Balaban J connectivity index is 2.81. The number of aryl methyl sites for hydroxylation is 1. The van der Waals surface area contributed by atoms with E-state index in [0.29, 0.717) is 19.3 Å². The molecule has 0 heterocycles. The van der Waals surface area contributed by atoms with Gasteiger partial charge in [0.05, 0.1) is 24.6 Å². The van der Waals surface area contributed by atoms with E-state index in [1.807, 2.05) is 0 Å². The molecule has 0 saturated carbocycles. The van der Waals surface area contributed by atoms with Gasteiger partial charge in [-0.25, -0.2) is 0 Å². The fraction of sp³-hybridized carbons (Fsp3) is 0.652. The minimum absolute atomic E-state index is 0.0304. The zero-order valence-electron chi connectivity index (χ0n) is 19.9. The molecular weight excluding hydrogens is 416 g/mol. The van der Waals surface area contributed by atoms with Gasteiger partial charge in [-0.1, -0.05) is 12.1 Å². The Hall–Kier alpha value is -2.52. The van der Waals surface area contributed by atoms with Crippen molar-refractivity contribution in [2.75, 3.05) is 19.7 Å². The maximum Gasteiger partial charge on any atom is 0.320 e. The smallest absolute Gasteiger partial charge is 0.320 e. The van der Waals surface area contributed by atoms with Crippen LogP contribution in [0.1, 0.15) is 59.9 Å². The molecule has 9 heteroatoms. The molecule has 0 aliphatic rings. The molecule has 0 radical (unpaired) electrons. The van der Waals surface area contributed by atoms with Crippen molar-refractivity contribution in [1.29, 1.82) is 0 Å². The van der Waals surface area contributed by atoms with Crippen molar-refractivity contribution in [2.45, 2.75) is 78.0 Å². The van der Waals surface area contributed by atoms with Crippen molar-refractivity contribution in [3.63, 3.8) is 0 Å². The average Bonchev–Trinajstić information content (AvgIpc) is 2.62. The quantitative estimate of drug-likeness (QED) is 0.309. The Morgan fingerprint density at radius 1 is 1.00 bits per heavy atom. The highest BCUT2D eigenvalue weighted by molar-refractivity contribution is 5.75. The molecule has 9 nitrogen and oxygen atoms in total. The molecule has 0 aliphatic heterocycles. The number of nitro benzene ring substituents is 1. The van der Waals surface area contributed by atoms with Gasteiger partial charge in [0.1, 0.15) is 11.2 Å². The third-order valence-electron chi connectivity index (χ3n) is 4.38. The molecule has 1 unspecified atom stereocenters. The topological polar surface area (TPSA) is 119 Å². The number of non-ortho nitro benzene ring substituents is 1. The lowest BCUT2D eigenvalue weighted by molar-refractivity contribution is -0.384. The first-order chi connectivity index (χ1) is 14.7. The Bertz CT molecular complexity index is 734. The first-order valence-corrected chi connectivity index (χ1v) is 10.7. The average molecular weight is 453 g/mol. The number of hydrogen-bond acceptors (Lipinski definition) is 8. The zero-order valence-corrected chi connectivity index (χ0v) is 19.9. The Kier molecular flexibility index (Phi) is 10.2. The van der Waals surface area contributed by atoms with Gasteiger partial charge >= 0.3 is 11.9 Å². The van der Waals surface area contributed by atoms with Crippen LogP contribution in [0.2, 0.25) is 0 Å². The van der Waals surface area contributed by atoms with Crippen molar-refractivity contribution in [3.05, 3.63) is 39.9 Å². The summed E-state index contributed by atoms with van der Waals surface area (Å²) < 4.78 is 10.8. The highest BCUT2D eigenvalue weighted by Crippen LogP contribution is 2.17. The predicted octanol–water partition coefficient (Wildman–Crippen LogP) is 3.26. The van der Waals surface area contributed by atoms with E-state index >= 15 is 0 Å². The summed E-state index contributed by atoms with van der Waals surface area (Å²) in [5.74, 6) is -0.982. The molecule has 1 aromatic carbocycles. The van der Waals surface area contributed by atoms with Gasteiger partial charge in [-0.05, 0) is 66.4 Å². The van der Waals surface area contributed by atoms with Gasteiger partial charge < -0.3 is 14.6 Å². The first kappa shape index (κ1) is 27.5. The number of carbonyl (C=O) groups is 2. The summed E-state index contributed by atoms with van der Waals surface area (Å²) in [4.78, 5) is 36.7. The van der Waals surface area contributed by atoms with E-state index in [-0.39, 0.29) is 25.4 Å². The van der Waals surface area contributed by atoms with Crippen LogP contribution in [0.4, 0.5) is 5.69 Å². The zero-order chi connectivity index (χ0) is 24.5. The van der Waals surface area contributed by atoms with Crippen LogP contribution in [-0.4, -0.2) is 63.8 Å². The van der Waals surface area contributed by atoms with Gasteiger partial charge in [-0.2, -0.15) is 0 Å². The normalized spacial score (nSPS) is 13.0. The molecule has 32 heavy (non-hydrogen) atoms. The summed E-state index contributed by atoms with van der Waals surface area (Å²) in [6.07, 6.45) is 1.81. The molecule has 0 aromatic heterocycles. The van der Waals surface area contributed by atoms with Crippen LogP contribution in [-0.2, 0) is 25.5 Å². The maximum atomic E-state index is 12.4. The molecule has 0 amide bonds. The molecule has 1 N–H and O–H groups in total. The summed E-state index contributed by atoms with van der Waals surface area (Å²) in [7, 11) is 0. The summed E-state index contributed by atoms with van der Waals surface area (Å²) in [6, 6.07) is 5.86. The Labute approximate surface area is 189 Å². The van der Waals surface area contributed by atoms with Crippen molar-refractivity contribution in [2.24, 2.45) is 0 Å². The fourth-order valence-electron chi connectivity index (χ4n) is 3.11. The standard InChI is InChI=1S/C23H36N2O7/c1-22(2,3)31-20(27)14-24(15-21(28)32-23(4,5)6)19(16-26)9-7-8-17-10-12-18(13-11-17)25(29)30/h10-13,19,26H,7-9,14-16H2,1-6H3. The Morgan fingerprint density at radius 2 is 1.47 bits per heavy atom. The SMILES string of the molecule is CC(C)(C)OC(=O)CN(CC(=O)OC(C)(C)C)C(CO)CCCc1ccc([N+](=O)[O-])cc1. The predicted molar refractivity (Wildman–Crippen MR) is 120 cm³/mol. The van der Waals surface area contributed by atoms with Gasteiger partial charge in [0, 0.05) is 18.2 Å². The summed E-state index contributed by atoms with van der Waals surface area (Å²) in [5, 5.41) is 20.7. The largest absolute Gasteiger partial charge is 0.459 e. The van der Waals surface area contributed by atoms with Crippen molar-refractivity contribution < 1.29 is 29.1 Å². The molecular formula is C23H36N2O7. The second-order valence-corrected chi connectivity index (χ2v) is 9.73. The highest BCUT2D eigenvalue weighted by Gasteiger charge is 2.27. The molecule has 0 aliphatic carbocycles. The van der Waals surface area contributed by atoms with E-state index in [0.717, 1.165) is 5.56 Å². The number of hydrogen-bond donors (Lipinski definition) is 1. The molecule has 1 atom stereocenters. The molecule has 180 valence electrons. The van der Waals surface area contributed by atoms with E-state index in [1.165, 1.54) is 12.1 Å². The van der Waals surface area contributed by atoms with E-state index in [9.17, 15) is 24.8 Å². The monoisotopic (exact) mass is 452 g/mol. The minimum atomic E-state index is -0.667. The van der Waals surface area contributed by atoms with Crippen molar-refractivity contribution >= 4 is 17.6 Å². The third-order valence-corrected chi connectivity index (χ3v) is 4.38. The van der Waals surface area contributed by atoms with Gasteiger partial charge in [-0.3, -0.25) is 24.6 Å². The molecule has 0 bridgehead atoms. The van der Waals surface area contributed by atoms with Gasteiger partial charge in [0.15, 0.2) is 0 Å². The number of aliphatic hydroxyl groups excluding tert-OH is 1. The van der Waals surface area contributed by atoms with Crippen LogP contribution >= 0.6 is 0 Å². The van der Waals surface area contributed by atoms with Crippen molar-refractivity contribution in [1.82, 2.24) is 4.90 Å². The third kappa shape index (κ3) is 11.2. The first-order valence-electron chi connectivity index (χ1n) is 10.7. The lowest BCUT2D eigenvalue weighted by Crippen LogP contribution is -2.46. The molecule has 0 saturated heterocycles. The second-order valence-electron chi connectivity index (χ2n) is 9.73. The minimum Gasteiger partial charge on any atom is -0.459 e. The number of benzene rings is 1. The van der Waals surface area contributed by atoms with Gasteiger partial charge in [0.25, 0.3) is 5.69 Å². The van der Waals surface area contributed by atoms with E-state index in [2.05, 4.69) is 0 Å². The van der Waals surface area contributed by atoms with E-state index in [4.69, 9.17) is 9.47 Å². The van der Waals surface area contributed by atoms with Crippen LogP contribution in [0.15, 0.2) is 24.3 Å². The molecule has 1 aromatic rings.